The second-order valence-electron chi connectivity index (χ2n) is 5.96. The largest absolute Gasteiger partial charge is 0.380 e. The summed E-state index contributed by atoms with van der Waals surface area (Å²) in [6.45, 7) is 6.32. The van der Waals surface area contributed by atoms with Gasteiger partial charge in [-0.25, -0.2) is 0 Å². The smallest absolute Gasteiger partial charge is 0.249 e. The fraction of sp³-hybridized carbons (Fsp3) is 0.929. The molecule has 0 bridgehead atoms. The van der Waals surface area contributed by atoms with Gasteiger partial charge in [0.15, 0.2) is 0 Å². The van der Waals surface area contributed by atoms with Crippen LogP contribution < -0.4 is 5.32 Å². The third-order valence-corrected chi connectivity index (χ3v) is 3.91. The number of hydrogen-bond donors (Lipinski definition) is 1. The van der Waals surface area contributed by atoms with Crippen molar-refractivity contribution < 1.29 is 14.3 Å². The molecule has 1 aliphatic heterocycles. The molecule has 104 valence electrons. The third-order valence-electron chi connectivity index (χ3n) is 3.91. The molecule has 0 aromatic heterocycles. The van der Waals surface area contributed by atoms with Crippen molar-refractivity contribution >= 4 is 5.91 Å². The molecular formula is C14H25NO3. The summed E-state index contributed by atoms with van der Waals surface area (Å²) in [6, 6.07) is 0. The standard InChI is InChI=1S/C14H25NO3/c1-3-12(18-11-6-4-5-7-11)13(16)15-8-14(2)9-17-10-14/h11-12H,3-10H2,1-2H3,(H,15,16)/t12-/m1/s1. The highest BCUT2D eigenvalue weighted by molar-refractivity contribution is 5.80. The summed E-state index contributed by atoms with van der Waals surface area (Å²) in [7, 11) is 0. The molecule has 0 radical (unpaired) electrons. The van der Waals surface area contributed by atoms with Gasteiger partial charge in [-0.3, -0.25) is 4.79 Å². The molecule has 0 aromatic carbocycles. The van der Waals surface area contributed by atoms with Crippen LogP contribution in [0.3, 0.4) is 0 Å². The van der Waals surface area contributed by atoms with E-state index in [0.717, 1.165) is 32.5 Å². The van der Waals surface area contributed by atoms with E-state index in [-0.39, 0.29) is 17.4 Å². The molecule has 1 saturated carbocycles. The van der Waals surface area contributed by atoms with Gasteiger partial charge in [-0.15, -0.1) is 0 Å². The monoisotopic (exact) mass is 255 g/mol. The number of hydrogen-bond acceptors (Lipinski definition) is 3. The molecule has 0 unspecified atom stereocenters. The molecule has 4 nitrogen and oxygen atoms in total. The molecule has 0 spiro atoms. The van der Waals surface area contributed by atoms with Crippen molar-refractivity contribution in [3.05, 3.63) is 0 Å². The van der Waals surface area contributed by atoms with Crippen molar-refractivity contribution in [2.45, 2.75) is 58.2 Å². The summed E-state index contributed by atoms with van der Waals surface area (Å²) < 4.78 is 11.1. The van der Waals surface area contributed by atoms with E-state index in [1.54, 1.807) is 0 Å². The summed E-state index contributed by atoms with van der Waals surface area (Å²) in [4.78, 5) is 12.1. The Morgan fingerprint density at radius 1 is 1.44 bits per heavy atom. The van der Waals surface area contributed by atoms with E-state index in [9.17, 15) is 4.79 Å². The van der Waals surface area contributed by atoms with E-state index >= 15 is 0 Å². The number of nitrogens with one attached hydrogen (secondary N) is 1. The number of amides is 1. The van der Waals surface area contributed by atoms with Crippen molar-refractivity contribution in [1.29, 1.82) is 0 Å². The highest BCUT2D eigenvalue weighted by Crippen LogP contribution is 2.26. The first-order valence-electron chi connectivity index (χ1n) is 7.14. The van der Waals surface area contributed by atoms with Crippen LogP contribution in [0.15, 0.2) is 0 Å². The Kier molecular flexibility index (Phi) is 4.62. The Morgan fingerprint density at radius 2 is 2.11 bits per heavy atom. The van der Waals surface area contributed by atoms with Gasteiger partial charge in [0.05, 0.1) is 19.3 Å². The van der Waals surface area contributed by atoms with Gasteiger partial charge >= 0.3 is 0 Å². The average molecular weight is 255 g/mol. The van der Waals surface area contributed by atoms with E-state index in [4.69, 9.17) is 9.47 Å². The summed E-state index contributed by atoms with van der Waals surface area (Å²) in [5.74, 6) is 0.0394. The summed E-state index contributed by atoms with van der Waals surface area (Å²) in [6.07, 6.45) is 5.44. The Bertz CT molecular complexity index is 283. The first kappa shape index (κ1) is 13.8. The van der Waals surface area contributed by atoms with Gasteiger partial charge < -0.3 is 14.8 Å². The van der Waals surface area contributed by atoms with E-state index in [1.165, 1.54) is 12.8 Å². The molecule has 1 heterocycles. The first-order valence-corrected chi connectivity index (χ1v) is 7.14. The number of rotatable bonds is 6. The predicted molar refractivity (Wildman–Crippen MR) is 69.4 cm³/mol. The first-order chi connectivity index (χ1) is 8.63. The van der Waals surface area contributed by atoms with Gasteiger partial charge in [-0.05, 0) is 19.3 Å². The zero-order valence-electron chi connectivity index (χ0n) is 11.5. The normalized spacial score (nSPS) is 24.6. The topological polar surface area (TPSA) is 47.6 Å². The highest BCUT2D eigenvalue weighted by atomic mass is 16.5. The molecule has 4 heteroatoms. The summed E-state index contributed by atoms with van der Waals surface area (Å²) in [5, 5.41) is 3.01. The van der Waals surface area contributed by atoms with Crippen LogP contribution in [0.1, 0.15) is 46.0 Å². The quantitative estimate of drug-likeness (QED) is 0.788. The van der Waals surface area contributed by atoms with Crippen LogP contribution in [0.5, 0.6) is 0 Å². The maximum atomic E-state index is 12.1. The van der Waals surface area contributed by atoms with Crippen LogP contribution in [0.4, 0.5) is 0 Å². The Morgan fingerprint density at radius 3 is 2.61 bits per heavy atom. The lowest BCUT2D eigenvalue weighted by Gasteiger charge is -2.38. The minimum absolute atomic E-state index is 0.0394. The zero-order valence-corrected chi connectivity index (χ0v) is 11.5. The number of carbonyl (C=O) groups is 1. The van der Waals surface area contributed by atoms with E-state index in [1.807, 2.05) is 6.92 Å². The predicted octanol–water partition coefficient (Wildman–Crippen LogP) is 1.88. The molecule has 18 heavy (non-hydrogen) atoms. The van der Waals surface area contributed by atoms with Gasteiger partial charge in [0, 0.05) is 12.0 Å². The molecule has 2 rings (SSSR count). The van der Waals surface area contributed by atoms with Gasteiger partial charge in [0.1, 0.15) is 6.10 Å². The second kappa shape index (κ2) is 6.02. The Balaban J connectivity index is 1.73. The lowest BCUT2D eigenvalue weighted by molar-refractivity contribution is -0.141. The lowest BCUT2D eigenvalue weighted by Crippen LogP contribution is -2.50. The van der Waals surface area contributed by atoms with Gasteiger partial charge in [-0.1, -0.05) is 26.7 Å². The summed E-state index contributed by atoms with van der Waals surface area (Å²) in [5.41, 5.74) is 0.126. The van der Waals surface area contributed by atoms with Gasteiger partial charge in [0.2, 0.25) is 5.91 Å². The molecule has 2 aliphatic rings. The van der Waals surface area contributed by atoms with Crippen LogP contribution in [0, 0.1) is 5.41 Å². The third kappa shape index (κ3) is 3.45. The SMILES string of the molecule is CC[C@@H](OC1CCCC1)C(=O)NCC1(C)COC1. The minimum Gasteiger partial charge on any atom is -0.380 e. The lowest BCUT2D eigenvalue weighted by atomic mass is 9.88. The van der Waals surface area contributed by atoms with Crippen molar-refractivity contribution in [1.82, 2.24) is 5.32 Å². The molecule has 1 N–H and O–H groups in total. The molecule has 2 fully saturated rings. The van der Waals surface area contributed by atoms with Crippen molar-refractivity contribution in [3.8, 4) is 0 Å². The fourth-order valence-electron chi connectivity index (χ4n) is 2.57. The van der Waals surface area contributed by atoms with Crippen LogP contribution in [0.2, 0.25) is 0 Å². The average Bonchev–Trinajstić information content (AvgIpc) is 2.83. The van der Waals surface area contributed by atoms with Gasteiger partial charge in [-0.2, -0.15) is 0 Å². The Hall–Kier alpha value is -0.610. The van der Waals surface area contributed by atoms with Crippen molar-refractivity contribution in [2.24, 2.45) is 5.41 Å². The fourth-order valence-corrected chi connectivity index (χ4v) is 2.57. The van der Waals surface area contributed by atoms with Gasteiger partial charge in [0.25, 0.3) is 0 Å². The number of ether oxygens (including phenoxy) is 2. The van der Waals surface area contributed by atoms with Crippen molar-refractivity contribution in [2.75, 3.05) is 19.8 Å². The van der Waals surface area contributed by atoms with E-state index < -0.39 is 0 Å². The van der Waals surface area contributed by atoms with Crippen LogP contribution in [-0.4, -0.2) is 37.9 Å². The molecule has 1 amide bonds. The minimum atomic E-state index is -0.280. The van der Waals surface area contributed by atoms with Crippen molar-refractivity contribution in [3.63, 3.8) is 0 Å². The number of carbonyl (C=O) groups excluding carboxylic acids is 1. The van der Waals surface area contributed by atoms with Crippen LogP contribution in [0.25, 0.3) is 0 Å². The maximum Gasteiger partial charge on any atom is 0.249 e. The maximum absolute atomic E-state index is 12.1. The Labute approximate surface area is 109 Å². The molecule has 1 aliphatic carbocycles. The highest BCUT2D eigenvalue weighted by Gasteiger charge is 2.34. The van der Waals surface area contributed by atoms with E-state index in [0.29, 0.717) is 12.6 Å². The zero-order chi connectivity index (χ0) is 13.0. The van der Waals surface area contributed by atoms with Crippen LogP contribution >= 0.6 is 0 Å². The second-order valence-corrected chi connectivity index (χ2v) is 5.96. The molecule has 1 atom stereocenters. The summed E-state index contributed by atoms with van der Waals surface area (Å²) >= 11 is 0. The molecular weight excluding hydrogens is 230 g/mol. The van der Waals surface area contributed by atoms with Crippen LogP contribution in [-0.2, 0) is 14.3 Å². The van der Waals surface area contributed by atoms with E-state index in [2.05, 4.69) is 12.2 Å². The molecule has 0 aromatic rings. The molecule has 1 saturated heterocycles.